The summed E-state index contributed by atoms with van der Waals surface area (Å²) in [7, 11) is 3.95. The predicted octanol–water partition coefficient (Wildman–Crippen LogP) is 2.08. The molecule has 1 aliphatic carbocycles. The van der Waals surface area contributed by atoms with E-state index in [0.29, 0.717) is 18.2 Å². The van der Waals surface area contributed by atoms with Crippen LogP contribution in [0, 0.1) is 0 Å². The number of likely N-dealkylation sites (N-methyl/N-ethyl adjacent to an activating group) is 2. The van der Waals surface area contributed by atoms with Crippen LogP contribution in [0.5, 0.6) is 0 Å². The van der Waals surface area contributed by atoms with Gasteiger partial charge >= 0.3 is 0 Å². The summed E-state index contributed by atoms with van der Waals surface area (Å²) in [6, 6.07) is 6.22. The number of hydrogen-bond acceptors (Lipinski definition) is 3. The van der Waals surface area contributed by atoms with Crippen LogP contribution in [-0.4, -0.2) is 54.8 Å². The van der Waals surface area contributed by atoms with Gasteiger partial charge in [-0.1, -0.05) is 6.07 Å². The van der Waals surface area contributed by atoms with E-state index < -0.39 is 5.41 Å². The molecule has 1 fully saturated rings. The lowest BCUT2D eigenvalue weighted by Crippen LogP contribution is -2.35. The lowest BCUT2D eigenvalue weighted by atomic mass is 9.86. The lowest BCUT2D eigenvalue weighted by molar-refractivity contribution is -0.119. The zero-order valence-electron chi connectivity index (χ0n) is 14.3. The van der Waals surface area contributed by atoms with Crippen molar-refractivity contribution in [2.75, 3.05) is 32.5 Å². The highest BCUT2D eigenvalue weighted by Gasteiger charge is 2.38. The van der Waals surface area contributed by atoms with Gasteiger partial charge in [-0.2, -0.15) is 0 Å². The lowest BCUT2D eigenvalue weighted by Gasteiger charge is -2.22. The van der Waals surface area contributed by atoms with E-state index in [9.17, 15) is 9.59 Å². The summed E-state index contributed by atoms with van der Waals surface area (Å²) in [4.78, 5) is 28.7. The molecule has 1 saturated carbocycles. The fourth-order valence-electron chi connectivity index (χ4n) is 3.05. The Labute approximate surface area is 137 Å². The summed E-state index contributed by atoms with van der Waals surface area (Å²) in [5.74, 6) is -0.0209. The third-order valence-corrected chi connectivity index (χ3v) is 5.06. The molecule has 0 saturated heterocycles. The first-order valence-corrected chi connectivity index (χ1v) is 8.22. The average Bonchev–Trinajstić information content (AvgIpc) is 3.32. The second kappa shape index (κ2) is 5.64. The van der Waals surface area contributed by atoms with Crippen molar-refractivity contribution in [1.82, 2.24) is 9.80 Å². The highest BCUT2D eigenvalue weighted by atomic mass is 16.2. The predicted molar refractivity (Wildman–Crippen MR) is 90.7 cm³/mol. The van der Waals surface area contributed by atoms with E-state index in [4.69, 9.17) is 0 Å². The van der Waals surface area contributed by atoms with Gasteiger partial charge in [0.1, 0.15) is 0 Å². The van der Waals surface area contributed by atoms with Crippen LogP contribution in [0.25, 0.3) is 0 Å². The van der Waals surface area contributed by atoms with E-state index >= 15 is 0 Å². The first kappa shape index (κ1) is 16.0. The second-order valence-electron chi connectivity index (χ2n) is 7.28. The van der Waals surface area contributed by atoms with E-state index in [1.54, 1.807) is 11.0 Å². The summed E-state index contributed by atoms with van der Waals surface area (Å²) < 4.78 is 0. The van der Waals surface area contributed by atoms with E-state index in [-0.39, 0.29) is 11.8 Å². The van der Waals surface area contributed by atoms with E-state index in [1.165, 1.54) is 12.8 Å². The maximum Gasteiger partial charge on any atom is 0.253 e. The Hall–Kier alpha value is -1.88. The molecule has 1 aromatic carbocycles. The number of rotatable bonds is 5. The number of carbonyl (C=O) groups excluding carboxylic acids is 2. The molecule has 5 nitrogen and oxygen atoms in total. The van der Waals surface area contributed by atoms with Crippen molar-refractivity contribution in [2.24, 2.45) is 0 Å². The normalized spacial score (nSPS) is 18.7. The number of nitrogens with one attached hydrogen (secondary N) is 1. The molecule has 0 atom stereocenters. The molecule has 3 rings (SSSR count). The SMILES string of the molecule is CN(CCN(C)C1CC1)C(=O)c1ccc2c(c1)NC(=O)C2(C)C. The van der Waals surface area contributed by atoms with Crippen LogP contribution in [0.4, 0.5) is 5.69 Å². The summed E-state index contributed by atoms with van der Waals surface area (Å²) in [5.41, 5.74) is 1.80. The molecule has 0 bridgehead atoms. The number of benzene rings is 1. The maximum absolute atomic E-state index is 12.6. The van der Waals surface area contributed by atoms with Crippen LogP contribution in [0.2, 0.25) is 0 Å². The number of carbonyl (C=O) groups is 2. The molecular weight excluding hydrogens is 290 g/mol. The highest BCUT2D eigenvalue weighted by Crippen LogP contribution is 2.37. The van der Waals surface area contributed by atoms with Crippen molar-refractivity contribution in [3.63, 3.8) is 0 Å². The Balaban J connectivity index is 1.68. The molecule has 2 amide bonds. The molecule has 2 aliphatic rings. The molecule has 5 heteroatoms. The van der Waals surface area contributed by atoms with Gasteiger partial charge in [0, 0.05) is 37.4 Å². The van der Waals surface area contributed by atoms with Crippen LogP contribution in [0.1, 0.15) is 42.6 Å². The van der Waals surface area contributed by atoms with Crippen LogP contribution < -0.4 is 5.32 Å². The summed E-state index contributed by atoms with van der Waals surface area (Å²) >= 11 is 0. The van der Waals surface area contributed by atoms with Crippen molar-refractivity contribution in [1.29, 1.82) is 0 Å². The van der Waals surface area contributed by atoms with Crippen molar-refractivity contribution < 1.29 is 9.59 Å². The van der Waals surface area contributed by atoms with Gasteiger partial charge in [0.25, 0.3) is 5.91 Å². The fraction of sp³-hybridized carbons (Fsp3) is 0.556. The van der Waals surface area contributed by atoms with Gasteiger partial charge in [-0.05, 0) is 51.4 Å². The third-order valence-electron chi connectivity index (χ3n) is 5.06. The van der Waals surface area contributed by atoms with Crippen LogP contribution in [0.15, 0.2) is 18.2 Å². The molecule has 1 N–H and O–H groups in total. The van der Waals surface area contributed by atoms with Crippen LogP contribution >= 0.6 is 0 Å². The van der Waals surface area contributed by atoms with Gasteiger partial charge in [0.15, 0.2) is 0 Å². The van der Waals surface area contributed by atoms with Crippen molar-refractivity contribution >= 4 is 17.5 Å². The first-order valence-electron chi connectivity index (χ1n) is 8.22. The monoisotopic (exact) mass is 315 g/mol. The minimum Gasteiger partial charge on any atom is -0.340 e. The molecule has 0 unspecified atom stereocenters. The van der Waals surface area contributed by atoms with Gasteiger partial charge in [-0.25, -0.2) is 0 Å². The number of anilines is 1. The van der Waals surface area contributed by atoms with Gasteiger partial charge in [0.2, 0.25) is 5.91 Å². The Kier molecular flexibility index (Phi) is 3.92. The molecule has 1 heterocycles. The third kappa shape index (κ3) is 2.98. The second-order valence-corrected chi connectivity index (χ2v) is 7.28. The number of nitrogens with zero attached hydrogens (tertiary/aromatic N) is 2. The smallest absolute Gasteiger partial charge is 0.253 e. The van der Waals surface area contributed by atoms with Gasteiger partial charge in [-0.15, -0.1) is 0 Å². The van der Waals surface area contributed by atoms with Gasteiger partial charge in [0.05, 0.1) is 5.41 Å². The zero-order valence-corrected chi connectivity index (χ0v) is 14.3. The minimum atomic E-state index is -0.532. The van der Waals surface area contributed by atoms with Gasteiger partial charge in [-0.3, -0.25) is 9.59 Å². The summed E-state index contributed by atoms with van der Waals surface area (Å²) in [6.45, 7) is 5.40. The minimum absolute atomic E-state index is 0.00375. The van der Waals surface area contributed by atoms with Crippen molar-refractivity contribution in [3.05, 3.63) is 29.3 Å². The summed E-state index contributed by atoms with van der Waals surface area (Å²) in [5, 5.41) is 2.88. The molecule has 1 aromatic rings. The number of hydrogen-bond donors (Lipinski definition) is 1. The molecule has 0 spiro atoms. The van der Waals surface area contributed by atoms with Crippen LogP contribution in [-0.2, 0) is 10.2 Å². The van der Waals surface area contributed by atoms with Crippen molar-refractivity contribution in [2.45, 2.75) is 38.1 Å². The van der Waals surface area contributed by atoms with Crippen LogP contribution in [0.3, 0.4) is 0 Å². The molecule has 1 aliphatic heterocycles. The highest BCUT2D eigenvalue weighted by molar-refractivity contribution is 6.07. The van der Waals surface area contributed by atoms with Crippen molar-refractivity contribution in [3.8, 4) is 0 Å². The fourth-order valence-corrected chi connectivity index (χ4v) is 3.05. The number of fused-ring (bicyclic) bond motifs is 1. The van der Waals surface area contributed by atoms with E-state index in [2.05, 4.69) is 17.3 Å². The van der Waals surface area contributed by atoms with E-state index in [0.717, 1.165) is 17.8 Å². The topological polar surface area (TPSA) is 52.6 Å². The quantitative estimate of drug-likeness (QED) is 0.905. The average molecular weight is 315 g/mol. The largest absolute Gasteiger partial charge is 0.340 e. The molecule has 23 heavy (non-hydrogen) atoms. The first-order chi connectivity index (χ1) is 10.8. The Morgan fingerprint density at radius 1 is 1.26 bits per heavy atom. The van der Waals surface area contributed by atoms with E-state index in [1.807, 2.05) is 33.0 Å². The molecule has 0 aromatic heterocycles. The Morgan fingerprint density at radius 3 is 2.61 bits per heavy atom. The maximum atomic E-state index is 12.6. The Morgan fingerprint density at radius 2 is 1.96 bits per heavy atom. The molecule has 0 radical (unpaired) electrons. The Bertz CT molecular complexity index is 650. The molecular formula is C18H25N3O2. The van der Waals surface area contributed by atoms with Gasteiger partial charge < -0.3 is 15.1 Å². The summed E-state index contributed by atoms with van der Waals surface area (Å²) in [6.07, 6.45) is 2.54. The number of amides is 2. The zero-order chi connectivity index (χ0) is 16.8. The molecule has 124 valence electrons. The standard InChI is InChI=1S/C18H25N3O2/c1-18(2)14-8-5-12(11-15(14)19-17(18)23)16(22)21(4)10-9-20(3)13-6-7-13/h5,8,11,13H,6-7,9-10H2,1-4H3,(H,19,23).